The number of rotatable bonds is 6. The predicted molar refractivity (Wildman–Crippen MR) is 134 cm³/mol. The van der Waals surface area contributed by atoms with E-state index in [0.29, 0.717) is 0 Å². The van der Waals surface area contributed by atoms with Crippen LogP contribution < -0.4 is 0 Å². The molecule has 0 amide bonds. The minimum atomic E-state index is -1.17. The third-order valence-corrected chi connectivity index (χ3v) is 6.46. The van der Waals surface area contributed by atoms with Crippen LogP contribution in [0.3, 0.4) is 0 Å². The van der Waals surface area contributed by atoms with Gasteiger partial charge in [-0.15, -0.1) is 0 Å². The van der Waals surface area contributed by atoms with Crippen LogP contribution in [0.15, 0.2) is 126 Å². The molecular formula is C30H28N2O. The summed E-state index contributed by atoms with van der Waals surface area (Å²) in [6.45, 7) is 0.801. The zero-order valence-electron chi connectivity index (χ0n) is 18.6. The van der Waals surface area contributed by atoms with Crippen molar-refractivity contribution in [1.82, 2.24) is 5.01 Å². The van der Waals surface area contributed by atoms with Gasteiger partial charge in [0.05, 0.1) is 11.8 Å². The van der Waals surface area contributed by atoms with Gasteiger partial charge in [-0.3, -0.25) is 5.01 Å². The second-order valence-corrected chi connectivity index (χ2v) is 8.50. The molecular weight excluding hydrogens is 404 g/mol. The maximum Gasteiger partial charge on any atom is 0.136 e. The molecule has 1 heterocycles. The van der Waals surface area contributed by atoms with Crippen LogP contribution >= 0.6 is 0 Å². The third kappa shape index (κ3) is 4.20. The highest BCUT2D eigenvalue weighted by Gasteiger charge is 2.45. The maximum absolute atomic E-state index is 12.4. The third-order valence-electron chi connectivity index (χ3n) is 6.46. The molecule has 1 aliphatic rings. The average Bonchev–Trinajstić information content (AvgIpc) is 3.38. The molecule has 0 aliphatic carbocycles. The standard InChI is InChI=1S/C30H28N2O/c33-30(26-18-9-3-10-19-26,27-20-11-4-12-21-27)28-22-13-23-32(28)31-29(24-14-5-1-6-15-24)25-16-7-2-8-17-25/h1-12,14-21,28,33H,13,22-23H2. The molecule has 1 N–H and O–H groups in total. The number of hydrogen-bond donors (Lipinski definition) is 1. The number of hydrazone groups is 1. The van der Waals surface area contributed by atoms with E-state index in [1.807, 2.05) is 97.1 Å². The molecule has 3 nitrogen and oxygen atoms in total. The summed E-state index contributed by atoms with van der Waals surface area (Å²) in [4.78, 5) is 0. The summed E-state index contributed by atoms with van der Waals surface area (Å²) in [5.41, 5.74) is 3.68. The summed E-state index contributed by atoms with van der Waals surface area (Å²) in [6, 6.07) is 40.4. The highest BCUT2D eigenvalue weighted by molar-refractivity contribution is 6.12. The molecule has 1 saturated heterocycles. The molecule has 0 bridgehead atoms. The molecule has 33 heavy (non-hydrogen) atoms. The fourth-order valence-corrected chi connectivity index (χ4v) is 4.83. The second kappa shape index (κ2) is 9.43. The lowest BCUT2D eigenvalue weighted by Crippen LogP contribution is -2.47. The van der Waals surface area contributed by atoms with Crippen LogP contribution in [0.4, 0.5) is 0 Å². The molecule has 1 aliphatic heterocycles. The molecule has 4 aromatic carbocycles. The fourth-order valence-electron chi connectivity index (χ4n) is 4.83. The number of aliphatic hydroxyl groups is 1. The van der Waals surface area contributed by atoms with Gasteiger partial charge in [-0.2, -0.15) is 5.10 Å². The van der Waals surface area contributed by atoms with Crippen molar-refractivity contribution < 1.29 is 5.11 Å². The van der Waals surface area contributed by atoms with Crippen molar-refractivity contribution in [2.24, 2.45) is 5.10 Å². The summed E-state index contributed by atoms with van der Waals surface area (Å²) >= 11 is 0. The Bertz CT molecular complexity index is 1110. The maximum atomic E-state index is 12.4. The lowest BCUT2D eigenvalue weighted by Gasteiger charge is -2.39. The first-order valence-electron chi connectivity index (χ1n) is 11.6. The summed E-state index contributed by atoms with van der Waals surface area (Å²) in [6.07, 6.45) is 1.84. The van der Waals surface area contributed by atoms with E-state index >= 15 is 0 Å². The minimum absolute atomic E-state index is 0.176. The topological polar surface area (TPSA) is 35.8 Å². The van der Waals surface area contributed by atoms with Crippen molar-refractivity contribution >= 4 is 5.71 Å². The van der Waals surface area contributed by atoms with Gasteiger partial charge in [0.2, 0.25) is 0 Å². The molecule has 0 aromatic heterocycles. The van der Waals surface area contributed by atoms with Crippen molar-refractivity contribution in [3.8, 4) is 0 Å². The molecule has 1 unspecified atom stereocenters. The molecule has 0 spiro atoms. The van der Waals surface area contributed by atoms with Gasteiger partial charge >= 0.3 is 0 Å². The first-order chi connectivity index (χ1) is 16.3. The number of nitrogens with zero attached hydrogens (tertiary/aromatic N) is 2. The van der Waals surface area contributed by atoms with Gasteiger partial charge in [0.25, 0.3) is 0 Å². The second-order valence-electron chi connectivity index (χ2n) is 8.50. The summed E-state index contributed by atoms with van der Waals surface area (Å²) in [7, 11) is 0. The van der Waals surface area contributed by atoms with E-state index < -0.39 is 5.60 Å². The van der Waals surface area contributed by atoms with Crippen LogP contribution in [0.5, 0.6) is 0 Å². The quantitative estimate of drug-likeness (QED) is 0.389. The molecule has 0 radical (unpaired) electrons. The lowest BCUT2D eigenvalue weighted by atomic mass is 9.79. The Hall–Kier alpha value is -3.69. The Labute approximate surface area is 195 Å². The van der Waals surface area contributed by atoms with Crippen molar-refractivity contribution in [1.29, 1.82) is 0 Å². The highest BCUT2D eigenvalue weighted by Crippen LogP contribution is 2.40. The smallest absolute Gasteiger partial charge is 0.136 e. The molecule has 164 valence electrons. The monoisotopic (exact) mass is 432 g/mol. The molecule has 1 atom stereocenters. The largest absolute Gasteiger partial charge is 0.378 e. The Balaban J connectivity index is 1.63. The molecule has 5 rings (SSSR count). The van der Waals surface area contributed by atoms with E-state index in [0.717, 1.165) is 47.4 Å². The van der Waals surface area contributed by atoms with Gasteiger partial charge in [0.1, 0.15) is 5.60 Å². The number of hydrogen-bond acceptors (Lipinski definition) is 3. The van der Waals surface area contributed by atoms with Crippen LogP contribution in [0.2, 0.25) is 0 Å². The van der Waals surface area contributed by atoms with Gasteiger partial charge < -0.3 is 5.11 Å². The van der Waals surface area contributed by atoms with Crippen molar-refractivity contribution in [2.75, 3.05) is 6.54 Å². The van der Waals surface area contributed by atoms with Gasteiger partial charge in [-0.05, 0) is 24.0 Å². The van der Waals surface area contributed by atoms with Crippen LogP contribution in [0, 0.1) is 0 Å². The predicted octanol–water partition coefficient (Wildman–Crippen LogP) is 5.84. The van der Waals surface area contributed by atoms with Crippen molar-refractivity contribution in [3.63, 3.8) is 0 Å². The Morgan fingerprint density at radius 1 is 0.667 bits per heavy atom. The van der Waals surface area contributed by atoms with E-state index in [1.54, 1.807) is 0 Å². The van der Waals surface area contributed by atoms with E-state index in [9.17, 15) is 5.11 Å². The highest BCUT2D eigenvalue weighted by atomic mass is 16.3. The first kappa shape index (κ1) is 21.2. The Kier molecular flexibility index (Phi) is 6.05. The van der Waals surface area contributed by atoms with Crippen molar-refractivity contribution in [3.05, 3.63) is 144 Å². The summed E-state index contributed by atoms with van der Waals surface area (Å²) < 4.78 is 0. The van der Waals surface area contributed by atoms with E-state index in [1.165, 1.54) is 0 Å². The van der Waals surface area contributed by atoms with Crippen LogP contribution in [-0.2, 0) is 5.60 Å². The normalized spacial score (nSPS) is 15.9. The van der Waals surface area contributed by atoms with Gasteiger partial charge in [-0.1, -0.05) is 121 Å². The van der Waals surface area contributed by atoms with Crippen LogP contribution in [0.25, 0.3) is 0 Å². The van der Waals surface area contributed by atoms with Crippen LogP contribution in [0.1, 0.15) is 35.1 Å². The van der Waals surface area contributed by atoms with Gasteiger partial charge in [0.15, 0.2) is 0 Å². The number of benzene rings is 4. The fraction of sp³-hybridized carbons (Fsp3) is 0.167. The molecule has 0 saturated carbocycles. The molecule has 4 aromatic rings. The van der Waals surface area contributed by atoms with Gasteiger partial charge in [0, 0.05) is 17.7 Å². The van der Waals surface area contributed by atoms with E-state index in [-0.39, 0.29) is 6.04 Å². The van der Waals surface area contributed by atoms with E-state index in [2.05, 4.69) is 29.3 Å². The average molecular weight is 433 g/mol. The summed E-state index contributed by atoms with van der Waals surface area (Å²) in [5, 5.41) is 19.7. The van der Waals surface area contributed by atoms with E-state index in [4.69, 9.17) is 5.10 Å². The molecule has 3 heteroatoms. The van der Waals surface area contributed by atoms with Crippen molar-refractivity contribution in [2.45, 2.75) is 24.5 Å². The SMILES string of the molecule is OC(c1ccccc1)(c1ccccc1)C1CCCN1N=C(c1ccccc1)c1ccccc1. The zero-order valence-corrected chi connectivity index (χ0v) is 18.6. The Morgan fingerprint density at radius 2 is 1.09 bits per heavy atom. The lowest BCUT2D eigenvalue weighted by molar-refractivity contribution is -0.00291. The summed E-state index contributed by atoms with van der Waals surface area (Å²) in [5.74, 6) is 0. The van der Waals surface area contributed by atoms with Crippen LogP contribution in [-0.4, -0.2) is 28.4 Å². The first-order valence-corrected chi connectivity index (χ1v) is 11.6. The minimum Gasteiger partial charge on any atom is -0.378 e. The molecule has 1 fully saturated rings. The zero-order chi connectivity index (χ0) is 22.5. The van der Waals surface area contributed by atoms with Gasteiger partial charge in [-0.25, -0.2) is 0 Å². The Morgan fingerprint density at radius 3 is 1.55 bits per heavy atom.